The molecule has 3 aromatic rings. The summed E-state index contributed by atoms with van der Waals surface area (Å²) in [5.74, 6) is 0. The number of thiophene rings is 1. The highest BCUT2D eigenvalue weighted by atomic mass is 32.1. The zero-order valence-electron chi connectivity index (χ0n) is 11.6. The maximum absolute atomic E-state index is 2.34. The van der Waals surface area contributed by atoms with Crippen LogP contribution in [0.25, 0.3) is 20.2 Å². The summed E-state index contributed by atoms with van der Waals surface area (Å²) in [6.07, 6.45) is 1.11. The molecular formula is C17H20S. The van der Waals surface area contributed by atoms with Crippen LogP contribution in [0.2, 0.25) is 0 Å². The normalized spacial score (nSPS) is 10.4. The van der Waals surface area contributed by atoms with Crippen molar-refractivity contribution in [1.29, 1.82) is 0 Å². The van der Waals surface area contributed by atoms with Crippen LogP contribution >= 0.6 is 11.3 Å². The molecule has 1 heterocycles. The smallest absolute Gasteiger partial charge is 0.0355 e. The molecule has 0 aliphatic heterocycles. The molecule has 94 valence electrons. The van der Waals surface area contributed by atoms with Crippen LogP contribution in [0.5, 0.6) is 0 Å². The lowest BCUT2D eigenvalue weighted by Crippen LogP contribution is -1.77. The van der Waals surface area contributed by atoms with Crippen LogP contribution in [0, 0.1) is 6.92 Å². The molecule has 1 aromatic heterocycles. The van der Waals surface area contributed by atoms with E-state index in [1.54, 1.807) is 0 Å². The molecule has 0 saturated carbocycles. The Morgan fingerprint density at radius 3 is 2.17 bits per heavy atom. The van der Waals surface area contributed by atoms with E-state index in [9.17, 15) is 0 Å². The summed E-state index contributed by atoms with van der Waals surface area (Å²) in [5.41, 5.74) is 2.77. The number of rotatable bonds is 1. The van der Waals surface area contributed by atoms with Crippen molar-refractivity contribution in [1.82, 2.24) is 0 Å². The molecule has 1 heteroatoms. The van der Waals surface area contributed by atoms with Gasteiger partial charge in [-0.2, -0.15) is 0 Å². The lowest BCUT2D eigenvalue weighted by Gasteiger charge is -1.97. The largest absolute Gasteiger partial charge is 0.135 e. The first-order valence-corrected chi connectivity index (χ1v) is 7.51. The molecule has 18 heavy (non-hydrogen) atoms. The minimum Gasteiger partial charge on any atom is -0.135 e. The monoisotopic (exact) mass is 256 g/mol. The van der Waals surface area contributed by atoms with Crippen LogP contribution < -0.4 is 0 Å². The molecule has 2 aromatic carbocycles. The average Bonchev–Trinajstić information content (AvgIpc) is 2.78. The topological polar surface area (TPSA) is 0 Å². The van der Waals surface area contributed by atoms with Gasteiger partial charge in [0.15, 0.2) is 0 Å². The number of hydrogen-bond donors (Lipinski definition) is 0. The fourth-order valence-electron chi connectivity index (χ4n) is 2.16. The van der Waals surface area contributed by atoms with Gasteiger partial charge in [-0.1, -0.05) is 38.5 Å². The third kappa shape index (κ3) is 2.28. The van der Waals surface area contributed by atoms with E-state index in [0.717, 1.165) is 6.42 Å². The van der Waals surface area contributed by atoms with E-state index in [0.29, 0.717) is 0 Å². The fourth-order valence-corrected chi connectivity index (χ4v) is 3.23. The first kappa shape index (κ1) is 13.1. The van der Waals surface area contributed by atoms with Crippen LogP contribution in [0.4, 0.5) is 0 Å². The van der Waals surface area contributed by atoms with Crippen molar-refractivity contribution in [2.75, 3.05) is 0 Å². The summed E-state index contributed by atoms with van der Waals surface area (Å²) in [6, 6.07) is 13.6. The minimum absolute atomic E-state index is 1.11. The van der Waals surface area contributed by atoms with E-state index in [1.165, 1.54) is 31.3 Å². The summed E-state index contributed by atoms with van der Waals surface area (Å²) in [4.78, 5) is 0. The minimum atomic E-state index is 1.11. The van der Waals surface area contributed by atoms with E-state index in [-0.39, 0.29) is 0 Å². The quantitative estimate of drug-likeness (QED) is 0.504. The third-order valence-electron chi connectivity index (χ3n) is 3.10. The molecule has 0 N–H and O–H groups in total. The van der Waals surface area contributed by atoms with Crippen molar-refractivity contribution in [3.05, 3.63) is 47.5 Å². The number of hydrogen-bond acceptors (Lipinski definition) is 1. The number of benzene rings is 2. The van der Waals surface area contributed by atoms with Crippen LogP contribution in [0.3, 0.4) is 0 Å². The lowest BCUT2D eigenvalue weighted by molar-refractivity contribution is 1.15. The van der Waals surface area contributed by atoms with Crippen molar-refractivity contribution in [3.63, 3.8) is 0 Å². The van der Waals surface area contributed by atoms with Crippen molar-refractivity contribution in [2.24, 2.45) is 0 Å². The van der Waals surface area contributed by atoms with Crippen molar-refractivity contribution >= 4 is 31.5 Å². The fraction of sp³-hybridized carbons (Fsp3) is 0.294. The lowest BCUT2D eigenvalue weighted by atomic mass is 10.1. The maximum atomic E-state index is 2.34. The van der Waals surface area contributed by atoms with Gasteiger partial charge in [-0.3, -0.25) is 0 Å². The Balaban J connectivity index is 0.000000574. The zero-order valence-corrected chi connectivity index (χ0v) is 12.4. The molecule has 0 saturated heterocycles. The number of aryl methyl sites for hydroxylation is 2. The summed E-state index contributed by atoms with van der Waals surface area (Å²) < 4.78 is 2.80. The Labute approximate surface area is 113 Å². The Bertz CT molecular complexity index is 662. The van der Waals surface area contributed by atoms with Gasteiger partial charge in [0, 0.05) is 20.2 Å². The highest BCUT2D eigenvalue weighted by Gasteiger charge is 2.05. The average molecular weight is 256 g/mol. The summed E-state index contributed by atoms with van der Waals surface area (Å²) in [6.45, 7) is 8.37. The molecule has 0 unspecified atom stereocenters. The van der Waals surface area contributed by atoms with Crippen LogP contribution in [-0.4, -0.2) is 0 Å². The predicted octanol–water partition coefficient (Wildman–Crippen LogP) is 5.95. The Kier molecular flexibility index (Phi) is 4.03. The van der Waals surface area contributed by atoms with Crippen molar-refractivity contribution < 1.29 is 0 Å². The highest BCUT2D eigenvalue weighted by molar-refractivity contribution is 7.25. The predicted molar refractivity (Wildman–Crippen MR) is 84.8 cm³/mol. The number of fused-ring (bicyclic) bond motifs is 3. The van der Waals surface area contributed by atoms with E-state index in [1.807, 2.05) is 25.2 Å². The van der Waals surface area contributed by atoms with Gasteiger partial charge in [-0.05, 0) is 43.2 Å². The standard InChI is InChI=1S/C15H14S.C2H6/c1-3-11-5-7-15-13(9-11)12-8-10(2)4-6-14(12)16-15;1-2/h4-9H,3H2,1-2H3;1-2H3. The molecule has 0 atom stereocenters. The molecule has 0 aliphatic carbocycles. The molecule has 0 bridgehead atoms. The van der Waals surface area contributed by atoms with E-state index >= 15 is 0 Å². The van der Waals surface area contributed by atoms with Gasteiger partial charge >= 0.3 is 0 Å². The van der Waals surface area contributed by atoms with Crippen molar-refractivity contribution in [2.45, 2.75) is 34.1 Å². The second kappa shape index (κ2) is 5.53. The summed E-state index contributed by atoms with van der Waals surface area (Å²) >= 11 is 1.89. The maximum Gasteiger partial charge on any atom is 0.0355 e. The van der Waals surface area contributed by atoms with Crippen molar-refractivity contribution in [3.8, 4) is 0 Å². The van der Waals surface area contributed by atoms with Crippen LogP contribution in [0.1, 0.15) is 31.9 Å². The SMILES string of the molecule is CC.CCc1ccc2sc3ccc(C)cc3c2c1. The third-order valence-corrected chi connectivity index (χ3v) is 4.25. The Hall–Kier alpha value is -1.34. The second-order valence-electron chi connectivity index (χ2n) is 4.29. The molecule has 0 fully saturated rings. The first-order chi connectivity index (χ1) is 8.78. The molecule has 0 nitrogen and oxygen atoms in total. The molecule has 0 spiro atoms. The summed E-state index contributed by atoms with van der Waals surface area (Å²) in [7, 11) is 0. The zero-order chi connectivity index (χ0) is 13.1. The summed E-state index contributed by atoms with van der Waals surface area (Å²) in [5, 5.41) is 2.83. The van der Waals surface area contributed by atoms with E-state index in [4.69, 9.17) is 0 Å². The molecule has 3 rings (SSSR count). The van der Waals surface area contributed by atoms with E-state index in [2.05, 4.69) is 50.2 Å². The Morgan fingerprint density at radius 1 is 0.889 bits per heavy atom. The molecule has 0 radical (unpaired) electrons. The van der Waals surface area contributed by atoms with Crippen LogP contribution in [0.15, 0.2) is 36.4 Å². The highest BCUT2D eigenvalue weighted by Crippen LogP contribution is 2.34. The Morgan fingerprint density at radius 2 is 1.50 bits per heavy atom. The van der Waals surface area contributed by atoms with Gasteiger partial charge < -0.3 is 0 Å². The van der Waals surface area contributed by atoms with Gasteiger partial charge in [-0.15, -0.1) is 11.3 Å². The van der Waals surface area contributed by atoms with Gasteiger partial charge in [0.2, 0.25) is 0 Å². The first-order valence-electron chi connectivity index (χ1n) is 6.69. The second-order valence-corrected chi connectivity index (χ2v) is 5.37. The van der Waals surface area contributed by atoms with Gasteiger partial charge in [-0.25, -0.2) is 0 Å². The van der Waals surface area contributed by atoms with Gasteiger partial charge in [0.1, 0.15) is 0 Å². The van der Waals surface area contributed by atoms with E-state index < -0.39 is 0 Å². The molecular weight excluding hydrogens is 236 g/mol. The van der Waals surface area contributed by atoms with Gasteiger partial charge in [0.05, 0.1) is 0 Å². The van der Waals surface area contributed by atoms with Gasteiger partial charge in [0.25, 0.3) is 0 Å². The van der Waals surface area contributed by atoms with Crippen LogP contribution in [-0.2, 0) is 6.42 Å². The molecule has 0 aliphatic rings. The molecule has 0 amide bonds.